The molecule has 0 amide bonds. The first-order valence-electron chi connectivity index (χ1n) is 2.05. The molecule has 2 N–H and O–H groups in total. The zero-order chi connectivity index (χ0) is 6.78. The van der Waals surface area contributed by atoms with E-state index >= 15 is 0 Å². The van der Waals surface area contributed by atoms with Crippen LogP contribution >= 0.6 is 0 Å². The summed E-state index contributed by atoms with van der Waals surface area (Å²) in [7, 11) is -3.97. The summed E-state index contributed by atoms with van der Waals surface area (Å²) in [5.74, 6) is -0.590. The van der Waals surface area contributed by atoms with E-state index < -0.39 is 22.0 Å². The second kappa shape index (κ2) is 4.55. The second-order valence-corrected chi connectivity index (χ2v) is 3.09. The van der Waals surface area contributed by atoms with Gasteiger partial charge in [0.15, 0.2) is 0 Å². The van der Waals surface area contributed by atoms with Crippen LogP contribution in [-0.2, 0) is 10.1 Å². The van der Waals surface area contributed by atoms with Crippen LogP contribution in [0.2, 0.25) is 0 Å². The van der Waals surface area contributed by atoms with Gasteiger partial charge in [-0.2, -0.15) is 8.42 Å². The van der Waals surface area contributed by atoms with Gasteiger partial charge >= 0.3 is 26.2 Å². The maximum absolute atomic E-state index is 9.84. The zero-order valence-electron chi connectivity index (χ0n) is 5.11. The van der Waals surface area contributed by atoms with Crippen molar-refractivity contribution in [1.82, 2.24) is 0 Å². The van der Waals surface area contributed by atoms with Gasteiger partial charge < -0.3 is 5.11 Å². The predicted molar refractivity (Wildman–Crippen MR) is 38.0 cm³/mol. The van der Waals surface area contributed by atoms with Gasteiger partial charge in [0.25, 0.3) is 10.1 Å². The Bertz CT molecular complexity index is 149. The molecule has 0 aliphatic rings. The van der Waals surface area contributed by atoms with Crippen LogP contribution in [0, 0.1) is 0 Å². The monoisotopic (exact) mass is 352 g/mol. The average molecular weight is 352 g/mol. The molecule has 0 heterocycles. The van der Waals surface area contributed by atoms with E-state index in [0.717, 1.165) is 0 Å². The van der Waals surface area contributed by atoms with E-state index in [1.165, 1.54) is 6.92 Å². The molecule has 6 heteroatoms. The van der Waals surface area contributed by atoms with Crippen LogP contribution in [0.15, 0.2) is 0 Å². The summed E-state index contributed by atoms with van der Waals surface area (Å²) in [5, 5.41) is 8.35. The minimum absolute atomic E-state index is 0. The summed E-state index contributed by atoms with van der Waals surface area (Å²) in [6, 6.07) is 0. The molecule has 0 fully saturated rings. The molecule has 0 rings (SSSR count). The molecule has 0 aromatic carbocycles. The Morgan fingerprint density at radius 3 is 1.89 bits per heavy atom. The summed E-state index contributed by atoms with van der Waals surface area (Å²) in [5.41, 5.74) is 0. The fourth-order valence-electron chi connectivity index (χ4n) is 0.305. The first kappa shape index (κ1) is 12.4. The molecule has 0 bridgehead atoms. The van der Waals surface area contributed by atoms with Gasteiger partial charge in [-0.15, -0.1) is 0 Å². The first-order valence-corrected chi connectivity index (χ1v) is 3.66. The quantitative estimate of drug-likeness (QED) is 0.449. The van der Waals surface area contributed by atoms with E-state index in [9.17, 15) is 8.42 Å². The van der Waals surface area contributed by atoms with Crippen LogP contribution in [0.1, 0.15) is 6.92 Å². The summed E-state index contributed by atoms with van der Waals surface area (Å²) in [6.45, 7) is 1.29. The van der Waals surface area contributed by atoms with Gasteiger partial charge in [-0.3, -0.25) is 4.55 Å². The number of aliphatic hydroxyl groups is 1. The molecule has 58 valence electrons. The summed E-state index contributed by atoms with van der Waals surface area (Å²) in [6.07, 6.45) is -0.995. The average Bonchev–Trinajstić information content (AvgIpc) is 1.21. The Morgan fingerprint density at radius 1 is 1.56 bits per heavy atom. The van der Waals surface area contributed by atoms with Gasteiger partial charge in [0.2, 0.25) is 0 Å². The number of hydrogen-bond donors (Lipinski definition) is 2. The van der Waals surface area contributed by atoms with Crippen LogP contribution in [-0.4, -0.2) is 56.1 Å². The van der Waals surface area contributed by atoms with E-state index in [1.54, 1.807) is 0 Å². The van der Waals surface area contributed by atoms with E-state index in [0.29, 0.717) is 0 Å². The summed E-state index contributed by atoms with van der Waals surface area (Å²) >= 11 is 0. The zero-order valence-corrected chi connectivity index (χ0v) is 11.4. The fourth-order valence-corrected chi connectivity index (χ4v) is 0.914. The number of aliphatic hydroxyl groups excluding tert-OH is 1. The van der Waals surface area contributed by atoms with Crippen molar-refractivity contribution in [3.63, 3.8) is 0 Å². The summed E-state index contributed by atoms with van der Waals surface area (Å²) < 4.78 is 27.7. The van der Waals surface area contributed by atoms with Crippen molar-refractivity contribution < 1.29 is 18.1 Å². The molecule has 9 heavy (non-hydrogen) atoms. The van der Waals surface area contributed by atoms with Crippen LogP contribution in [0.25, 0.3) is 0 Å². The van der Waals surface area contributed by atoms with Gasteiger partial charge in [-0.25, -0.2) is 0 Å². The molecule has 0 aliphatic heterocycles. The Morgan fingerprint density at radius 2 is 1.89 bits per heavy atom. The van der Waals surface area contributed by atoms with Gasteiger partial charge in [-0.1, -0.05) is 0 Å². The fraction of sp³-hybridized carbons (Fsp3) is 1.00. The Kier molecular flexibility index (Phi) is 6.29. The molecule has 0 saturated carbocycles. The van der Waals surface area contributed by atoms with Gasteiger partial charge in [-0.05, 0) is 6.92 Å². The molecule has 4 nitrogen and oxygen atoms in total. The third-order valence-electron chi connectivity index (χ3n) is 0.452. The third kappa shape index (κ3) is 12.1. The van der Waals surface area contributed by atoms with Crippen LogP contribution in [0.3, 0.4) is 0 Å². The van der Waals surface area contributed by atoms with Crippen molar-refractivity contribution in [1.29, 1.82) is 0 Å². The second-order valence-electron chi connectivity index (χ2n) is 1.60. The molecular weight excluding hydrogens is 341 g/mol. The summed E-state index contributed by atoms with van der Waals surface area (Å²) in [4.78, 5) is 0. The van der Waals surface area contributed by atoms with E-state index in [-0.39, 0.29) is 26.2 Å². The molecule has 0 aromatic rings. The van der Waals surface area contributed by atoms with Crippen molar-refractivity contribution in [2.45, 2.75) is 13.0 Å². The standard InChI is InChI=1S/C3H8O4S.Bi.3H/c1-3(4)2-8(5,6)7;;;;/h3-4H,2H2,1H3,(H,5,6,7);;;;. The van der Waals surface area contributed by atoms with Gasteiger partial charge in [0.1, 0.15) is 5.75 Å². The van der Waals surface area contributed by atoms with Crippen LogP contribution in [0.4, 0.5) is 0 Å². The van der Waals surface area contributed by atoms with Crippen molar-refractivity contribution in [3.8, 4) is 0 Å². The van der Waals surface area contributed by atoms with E-state index in [2.05, 4.69) is 0 Å². The molecule has 1 unspecified atom stereocenters. The van der Waals surface area contributed by atoms with E-state index in [4.69, 9.17) is 9.66 Å². The topological polar surface area (TPSA) is 74.6 Å². The number of rotatable bonds is 2. The molecular formula is C3H11BiO4S. The SMILES string of the molecule is CC(O)CS(=O)(=O)O.[BiH3]. The maximum atomic E-state index is 9.84. The van der Waals surface area contributed by atoms with Gasteiger partial charge in [0, 0.05) is 0 Å². The predicted octanol–water partition coefficient (Wildman–Crippen LogP) is -1.93. The van der Waals surface area contributed by atoms with Crippen LogP contribution in [0.5, 0.6) is 0 Å². The Hall–Kier alpha value is 0.753. The molecule has 0 aliphatic carbocycles. The van der Waals surface area contributed by atoms with Crippen molar-refractivity contribution in [2.75, 3.05) is 5.75 Å². The van der Waals surface area contributed by atoms with Crippen molar-refractivity contribution in [2.24, 2.45) is 0 Å². The molecule has 1 atom stereocenters. The Balaban J connectivity index is 0. The number of hydrogen-bond acceptors (Lipinski definition) is 3. The van der Waals surface area contributed by atoms with E-state index in [1.807, 2.05) is 0 Å². The normalized spacial score (nSPS) is 14.1. The minimum atomic E-state index is -3.97. The Labute approximate surface area is 73.1 Å². The molecule has 0 aromatic heterocycles. The van der Waals surface area contributed by atoms with Crippen molar-refractivity contribution >= 4 is 36.3 Å². The molecule has 0 spiro atoms. The molecule has 0 radical (unpaired) electrons. The van der Waals surface area contributed by atoms with Crippen molar-refractivity contribution in [3.05, 3.63) is 0 Å². The first-order chi connectivity index (χ1) is 3.42. The van der Waals surface area contributed by atoms with Gasteiger partial charge in [0.05, 0.1) is 6.10 Å². The van der Waals surface area contributed by atoms with Crippen LogP contribution < -0.4 is 0 Å². The molecule has 0 saturated heterocycles. The third-order valence-corrected chi connectivity index (χ3v) is 1.36.